The van der Waals surface area contributed by atoms with E-state index in [1.165, 1.54) is 0 Å². The maximum absolute atomic E-state index is 5.48. The number of hydrogen-bond donors (Lipinski definition) is 1. The van der Waals surface area contributed by atoms with Crippen LogP contribution in [-0.2, 0) is 13.1 Å². The summed E-state index contributed by atoms with van der Waals surface area (Å²) in [6.45, 7) is 5.86. The van der Waals surface area contributed by atoms with Crippen LogP contribution < -0.4 is 14.8 Å². The van der Waals surface area contributed by atoms with Crippen LogP contribution in [0.4, 0.5) is 0 Å². The Hall–Kier alpha value is -2.08. The number of benzene rings is 1. The second-order valence-corrected chi connectivity index (χ2v) is 4.97. The number of hydrogen-bond acceptors (Lipinski definition) is 5. The van der Waals surface area contributed by atoms with Gasteiger partial charge in [-0.05, 0) is 19.9 Å². The zero-order valence-electron chi connectivity index (χ0n) is 11.7. The third kappa shape index (κ3) is 2.46. The molecule has 0 unspecified atom stereocenters. The van der Waals surface area contributed by atoms with Crippen molar-refractivity contribution in [3.63, 3.8) is 0 Å². The molecule has 0 saturated heterocycles. The van der Waals surface area contributed by atoms with Crippen molar-refractivity contribution in [2.45, 2.75) is 33.0 Å². The Morgan fingerprint density at radius 2 is 2.20 bits per heavy atom. The van der Waals surface area contributed by atoms with Crippen molar-refractivity contribution in [1.82, 2.24) is 20.1 Å². The van der Waals surface area contributed by atoms with Crippen molar-refractivity contribution in [2.24, 2.45) is 0 Å². The van der Waals surface area contributed by atoms with Gasteiger partial charge in [-0.1, -0.05) is 12.1 Å². The number of aromatic nitrogens is 3. The maximum Gasteiger partial charge on any atom is 0.231 e. The van der Waals surface area contributed by atoms with Gasteiger partial charge in [0.1, 0.15) is 12.2 Å². The fraction of sp³-hybridized carbons (Fsp3) is 0.429. The largest absolute Gasteiger partial charge is 0.454 e. The molecule has 1 aliphatic rings. The zero-order chi connectivity index (χ0) is 13.9. The van der Waals surface area contributed by atoms with E-state index >= 15 is 0 Å². The van der Waals surface area contributed by atoms with Crippen LogP contribution in [0.5, 0.6) is 11.5 Å². The fourth-order valence-corrected chi connectivity index (χ4v) is 2.27. The van der Waals surface area contributed by atoms with Gasteiger partial charge >= 0.3 is 0 Å². The molecule has 106 valence electrons. The normalized spacial score (nSPS) is 13.2. The number of para-hydroxylation sites is 1. The summed E-state index contributed by atoms with van der Waals surface area (Å²) in [4.78, 5) is 4.27. The van der Waals surface area contributed by atoms with Crippen molar-refractivity contribution in [1.29, 1.82) is 0 Å². The third-order valence-corrected chi connectivity index (χ3v) is 3.21. The van der Waals surface area contributed by atoms with Gasteiger partial charge in [0.2, 0.25) is 6.79 Å². The lowest BCUT2D eigenvalue weighted by Gasteiger charge is -2.11. The van der Waals surface area contributed by atoms with Gasteiger partial charge in [-0.3, -0.25) is 0 Å². The quantitative estimate of drug-likeness (QED) is 0.902. The first-order valence-corrected chi connectivity index (χ1v) is 6.72. The van der Waals surface area contributed by atoms with Gasteiger partial charge in [0.15, 0.2) is 11.5 Å². The first-order chi connectivity index (χ1) is 9.75. The van der Waals surface area contributed by atoms with Crippen LogP contribution >= 0.6 is 0 Å². The number of fused-ring (bicyclic) bond motifs is 1. The van der Waals surface area contributed by atoms with Gasteiger partial charge in [0, 0.05) is 18.2 Å². The molecule has 6 nitrogen and oxygen atoms in total. The lowest BCUT2D eigenvalue weighted by atomic mass is 10.2. The van der Waals surface area contributed by atoms with E-state index in [-0.39, 0.29) is 0 Å². The molecule has 0 bridgehead atoms. The molecule has 0 amide bonds. The molecule has 6 heteroatoms. The van der Waals surface area contributed by atoms with E-state index in [0.29, 0.717) is 25.9 Å². The summed E-state index contributed by atoms with van der Waals surface area (Å²) in [6.07, 6.45) is 1.59. The minimum atomic E-state index is 0.300. The Labute approximate surface area is 117 Å². The highest BCUT2D eigenvalue weighted by Gasteiger charge is 2.16. The highest BCUT2D eigenvalue weighted by molar-refractivity contribution is 5.48. The van der Waals surface area contributed by atoms with Crippen molar-refractivity contribution >= 4 is 0 Å². The molecule has 20 heavy (non-hydrogen) atoms. The molecule has 1 aromatic carbocycles. The molecule has 0 saturated carbocycles. The van der Waals surface area contributed by atoms with Crippen LogP contribution in [0.1, 0.15) is 31.3 Å². The summed E-state index contributed by atoms with van der Waals surface area (Å²) < 4.78 is 12.8. The molecular formula is C14H18N4O2. The second kappa shape index (κ2) is 5.50. The molecule has 0 aliphatic carbocycles. The topological polar surface area (TPSA) is 61.2 Å². The summed E-state index contributed by atoms with van der Waals surface area (Å²) >= 11 is 0. The van der Waals surface area contributed by atoms with Crippen LogP contribution in [0.3, 0.4) is 0 Å². The standard InChI is InChI=1S/C14H18N4O2/c1-10(2)18-13(16-8-17-18)7-15-6-11-4-3-5-12-14(11)20-9-19-12/h3-5,8,10,15H,6-7,9H2,1-2H3. The summed E-state index contributed by atoms with van der Waals surface area (Å²) in [6, 6.07) is 6.24. The molecular weight excluding hydrogens is 256 g/mol. The zero-order valence-corrected chi connectivity index (χ0v) is 11.7. The van der Waals surface area contributed by atoms with Crippen LogP contribution in [-0.4, -0.2) is 21.6 Å². The monoisotopic (exact) mass is 274 g/mol. The maximum atomic E-state index is 5.48. The number of nitrogens with one attached hydrogen (secondary N) is 1. The summed E-state index contributed by atoms with van der Waals surface area (Å²) in [5.41, 5.74) is 1.09. The Bertz CT molecular complexity index is 595. The predicted octanol–water partition coefficient (Wildman–Crippen LogP) is 1.88. The molecule has 2 heterocycles. The van der Waals surface area contributed by atoms with Gasteiger partial charge in [-0.25, -0.2) is 9.67 Å². The lowest BCUT2D eigenvalue weighted by Crippen LogP contribution is -2.18. The highest BCUT2D eigenvalue weighted by atomic mass is 16.7. The number of nitrogens with zero attached hydrogens (tertiary/aromatic N) is 3. The molecule has 0 fully saturated rings. The van der Waals surface area contributed by atoms with Gasteiger partial charge in [-0.2, -0.15) is 5.10 Å². The smallest absolute Gasteiger partial charge is 0.231 e. The minimum Gasteiger partial charge on any atom is -0.454 e. The SMILES string of the molecule is CC(C)n1ncnc1CNCc1cccc2c1OCO2. The van der Waals surface area contributed by atoms with Gasteiger partial charge in [0.25, 0.3) is 0 Å². The Kier molecular flexibility index (Phi) is 3.56. The summed E-state index contributed by atoms with van der Waals surface area (Å²) in [7, 11) is 0. The average molecular weight is 274 g/mol. The highest BCUT2D eigenvalue weighted by Crippen LogP contribution is 2.35. The van der Waals surface area contributed by atoms with Crippen LogP contribution in [0, 0.1) is 0 Å². The lowest BCUT2D eigenvalue weighted by molar-refractivity contribution is 0.173. The van der Waals surface area contributed by atoms with Crippen molar-refractivity contribution in [3.8, 4) is 11.5 Å². The van der Waals surface area contributed by atoms with Gasteiger partial charge < -0.3 is 14.8 Å². The van der Waals surface area contributed by atoms with Crippen molar-refractivity contribution < 1.29 is 9.47 Å². The molecule has 1 aromatic heterocycles. The average Bonchev–Trinajstić information content (AvgIpc) is 3.07. The van der Waals surface area contributed by atoms with Crippen molar-refractivity contribution in [2.75, 3.05) is 6.79 Å². The molecule has 2 aromatic rings. The van der Waals surface area contributed by atoms with E-state index < -0.39 is 0 Å². The Morgan fingerprint density at radius 3 is 3.05 bits per heavy atom. The van der Waals surface area contributed by atoms with E-state index in [4.69, 9.17) is 9.47 Å². The molecule has 0 atom stereocenters. The van der Waals surface area contributed by atoms with Gasteiger partial charge in [0.05, 0.1) is 6.54 Å². The van der Waals surface area contributed by atoms with E-state index in [1.807, 2.05) is 22.9 Å². The first-order valence-electron chi connectivity index (χ1n) is 6.72. The number of rotatable bonds is 5. The first kappa shape index (κ1) is 12.9. The second-order valence-electron chi connectivity index (χ2n) is 4.97. The Morgan fingerprint density at radius 1 is 1.30 bits per heavy atom. The summed E-state index contributed by atoms with van der Waals surface area (Å²) in [5, 5.41) is 7.59. The van der Waals surface area contributed by atoms with E-state index in [2.05, 4.69) is 29.2 Å². The predicted molar refractivity (Wildman–Crippen MR) is 73.5 cm³/mol. The molecule has 1 aliphatic heterocycles. The third-order valence-electron chi connectivity index (χ3n) is 3.21. The van der Waals surface area contributed by atoms with E-state index in [9.17, 15) is 0 Å². The van der Waals surface area contributed by atoms with E-state index in [1.54, 1.807) is 6.33 Å². The van der Waals surface area contributed by atoms with E-state index in [0.717, 1.165) is 22.9 Å². The van der Waals surface area contributed by atoms with Crippen LogP contribution in [0.15, 0.2) is 24.5 Å². The van der Waals surface area contributed by atoms with Gasteiger partial charge in [-0.15, -0.1) is 0 Å². The van der Waals surface area contributed by atoms with Crippen LogP contribution in [0.2, 0.25) is 0 Å². The number of ether oxygens (including phenoxy) is 2. The van der Waals surface area contributed by atoms with Crippen LogP contribution in [0.25, 0.3) is 0 Å². The summed E-state index contributed by atoms with van der Waals surface area (Å²) in [5.74, 6) is 2.59. The molecule has 0 spiro atoms. The fourth-order valence-electron chi connectivity index (χ4n) is 2.27. The molecule has 3 rings (SSSR count). The molecule has 1 N–H and O–H groups in total. The van der Waals surface area contributed by atoms with Crippen molar-refractivity contribution in [3.05, 3.63) is 35.9 Å². The molecule has 0 radical (unpaired) electrons. The minimum absolute atomic E-state index is 0.300. The Balaban J connectivity index is 1.63.